The van der Waals surface area contributed by atoms with Gasteiger partial charge in [0.2, 0.25) is 11.7 Å². The van der Waals surface area contributed by atoms with Crippen molar-refractivity contribution < 1.29 is 8.91 Å². The number of nitrogens with zero attached hydrogens (tertiary/aromatic N) is 3. The van der Waals surface area contributed by atoms with Crippen LogP contribution in [0.15, 0.2) is 38.7 Å². The van der Waals surface area contributed by atoms with E-state index in [1.54, 1.807) is 0 Å². The molecule has 6 nitrogen and oxygen atoms in total. The molecule has 3 rings (SSSR count). The van der Waals surface area contributed by atoms with Gasteiger partial charge in [0.15, 0.2) is 5.16 Å². The number of hydrogen-bond acceptors (Lipinski definition) is 6. The maximum absolute atomic E-state index is 13.2. The van der Waals surface area contributed by atoms with Gasteiger partial charge in [-0.2, -0.15) is 4.98 Å². The monoisotopic (exact) mass is 380 g/mol. The van der Waals surface area contributed by atoms with E-state index in [9.17, 15) is 9.18 Å². The molecule has 0 saturated heterocycles. The van der Waals surface area contributed by atoms with E-state index in [1.165, 1.54) is 36.0 Å². The first-order chi connectivity index (χ1) is 12.0. The average molecular weight is 381 g/mol. The van der Waals surface area contributed by atoms with Crippen LogP contribution in [0.25, 0.3) is 11.4 Å². The van der Waals surface area contributed by atoms with Crippen molar-refractivity contribution in [2.75, 3.05) is 0 Å². The molecular formula is C16H14ClFN4O2S. The number of halogens is 2. The molecule has 0 aliphatic rings. The number of benzene rings is 1. The zero-order valence-corrected chi connectivity index (χ0v) is 14.8. The van der Waals surface area contributed by atoms with Crippen LogP contribution < -0.4 is 5.56 Å². The Bertz CT molecular complexity index is 944. The highest BCUT2D eigenvalue weighted by molar-refractivity contribution is 7.98. The van der Waals surface area contributed by atoms with Crippen LogP contribution in [-0.4, -0.2) is 20.1 Å². The summed E-state index contributed by atoms with van der Waals surface area (Å²) in [7, 11) is 0. The van der Waals surface area contributed by atoms with Gasteiger partial charge in [-0.05, 0) is 24.6 Å². The number of aryl methyl sites for hydroxylation is 1. The second-order valence-electron chi connectivity index (χ2n) is 5.22. The predicted octanol–water partition coefficient (Wildman–Crippen LogP) is 3.86. The van der Waals surface area contributed by atoms with Gasteiger partial charge >= 0.3 is 0 Å². The normalized spacial score (nSPS) is 11.0. The largest absolute Gasteiger partial charge is 0.338 e. The third-order valence-corrected chi connectivity index (χ3v) is 4.41. The van der Waals surface area contributed by atoms with E-state index in [2.05, 4.69) is 20.1 Å². The molecule has 0 bridgehead atoms. The Morgan fingerprint density at radius 1 is 1.32 bits per heavy atom. The summed E-state index contributed by atoms with van der Waals surface area (Å²) >= 11 is 7.05. The lowest BCUT2D eigenvalue weighted by Crippen LogP contribution is -2.09. The number of H-pyrrole nitrogens is 1. The highest BCUT2D eigenvalue weighted by Gasteiger charge is 2.12. The summed E-state index contributed by atoms with van der Waals surface area (Å²) in [5.74, 6) is 0.523. The average Bonchev–Trinajstić information content (AvgIpc) is 3.04. The van der Waals surface area contributed by atoms with E-state index in [-0.39, 0.29) is 10.6 Å². The lowest BCUT2D eigenvalue weighted by atomic mass is 10.2. The summed E-state index contributed by atoms with van der Waals surface area (Å²) in [4.78, 5) is 22.9. The van der Waals surface area contributed by atoms with Crippen molar-refractivity contribution in [3.63, 3.8) is 0 Å². The lowest BCUT2D eigenvalue weighted by Gasteiger charge is -2.01. The maximum Gasteiger partial charge on any atom is 0.251 e. The smallest absolute Gasteiger partial charge is 0.251 e. The Labute approximate surface area is 151 Å². The van der Waals surface area contributed by atoms with E-state index in [0.717, 1.165) is 18.5 Å². The molecule has 1 aromatic carbocycles. The number of aromatic nitrogens is 4. The summed E-state index contributed by atoms with van der Waals surface area (Å²) in [5.41, 5.74) is 1.12. The highest BCUT2D eigenvalue weighted by Crippen LogP contribution is 2.24. The van der Waals surface area contributed by atoms with Gasteiger partial charge in [-0.3, -0.25) is 4.79 Å². The summed E-state index contributed by atoms with van der Waals surface area (Å²) in [6.45, 7) is 2.03. The standard InChI is InChI=1S/C16H14ClFN4O2S/c1-2-3-10-7-13(23)20-16(19-10)25-8-14-21-15(22-24-14)9-4-5-12(18)11(17)6-9/h4-7H,2-3,8H2,1H3,(H,19,20,23). The van der Waals surface area contributed by atoms with Crippen LogP contribution in [0.2, 0.25) is 5.02 Å². The highest BCUT2D eigenvalue weighted by atomic mass is 35.5. The summed E-state index contributed by atoms with van der Waals surface area (Å²) in [6.07, 6.45) is 1.65. The minimum atomic E-state index is -0.508. The molecule has 0 fully saturated rings. The number of hydrogen-bond donors (Lipinski definition) is 1. The molecule has 9 heteroatoms. The third-order valence-electron chi connectivity index (χ3n) is 3.26. The second kappa shape index (κ2) is 7.79. The predicted molar refractivity (Wildman–Crippen MR) is 93.1 cm³/mol. The van der Waals surface area contributed by atoms with Crippen molar-refractivity contribution in [3.05, 3.63) is 57.0 Å². The molecule has 0 amide bonds. The van der Waals surface area contributed by atoms with Crippen molar-refractivity contribution in [2.24, 2.45) is 0 Å². The van der Waals surface area contributed by atoms with Gasteiger partial charge in [-0.15, -0.1) is 0 Å². The quantitative estimate of drug-likeness (QED) is 0.516. The molecule has 3 aromatic rings. The number of thioether (sulfide) groups is 1. The van der Waals surface area contributed by atoms with Gasteiger partial charge < -0.3 is 9.51 Å². The molecule has 130 valence electrons. The van der Waals surface area contributed by atoms with Gasteiger partial charge in [0.25, 0.3) is 5.56 Å². The molecule has 1 N–H and O–H groups in total. The summed E-state index contributed by atoms with van der Waals surface area (Å²) < 4.78 is 18.4. The zero-order chi connectivity index (χ0) is 17.8. The molecule has 2 heterocycles. The number of aromatic amines is 1. The Balaban J connectivity index is 1.71. The SMILES string of the molecule is CCCc1cc(=O)[nH]c(SCc2nc(-c3ccc(F)c(Cl)c3)no2)n1. The molecule has 25 heavy (non-hydrogen) atoms. The van der Waals surface area contributed by atoms with E-state index < -0.39 is 5.82 Å². The first-order valence-corrected chi connectivity index (χ1v) is 8.92. The van der Waals surface area contributed by atoms with Gasteiger partial charge in [0.05, 0.1) is 10.8 Å². The Kier molecular flexibility index (Phi) is 5.50. The van der Waals surface area contributed by atoms with Crippen LogP contribution in [0.3, 0.4) is 0 Å². The Hall–Kier alpha value is -2.19. The van der Waals surface area contributed by atoms with E-state index in [0.29, 0.717) is 28.2 Å². The van der Waals surface area contributed by atoms with Crippen LogP contribution in [0, 0.1) is 5.82 Å². The molecule has 0 aliphatic carbocycles. The number of rotatable bonds is 6. The first kappa shape index (κ1) is 17.6. The molecule has 0 saturated carbocycles. The summed E-state index contributed by atoms with van der Waals surface area (Å²) in [5, 5.41) is 4.35. The van der Waals surface area contributed by atoms with Gasteiger partial charge in [-0.25, -0.2) is 9.37 Å². The van der Waals surface area contributed by atoms with Crippen LogP contribution in [0.4, 0.5) is 4.39 Å². The molecule has 2 aromatic heterocycles. The van der Waals surface area contributed by atoms with Crippen LogP contribution in [-0.2, 0) is 12.2 Å². The fraction of sp³-hybridized carbons (Fsp3) is 0.250. The van der Waals surface area contributed by atoms with Crippen molar-refractivity contribution in [3.8, 4) is 11.4 Å². The fourth-order valence-electron chi connectivity index (χ4n) is 2.13. The fourth-order valence-corrected chi connectivity index (χ4v) is 3.04. The van der Waals surface area contributed by atoms with E-state index in [1.807, 2.05) is 6.92 Å². The Morgan fingerprint density at radius 2 is 2.16 bits per heavy atom. The Morgan fingerprint density at radius 3 is 2.92 bits per heavy atom. The molecular weight excluding hydrogens is 367 g/mol. The molecule has 0 spiro atoms. The maximum atomic E-state index is 13.2. The van der Waals surface area contributed by atoms with Gasteiger partial charge in [0, 0.05) is 17.3 Å². The second-order valence-corrected chi connectivity index (χ2v) is 6.59. The van der Waals surface area contributed by atoms with Crippen molar-refractivity contribution in [2.45, 2.75) is 30.7 Å². The van der Waals surface area contributed by atoms with Crippen molar-refractivity contribution in [1.82, 2.24) is 20.1 Å². The minimum Gasteiger partial charge on any atom is -0.338 e. The molecule has 0 atom stereocenters. The van der Waals surface area contributed by atoms with Crippen molar-refractivity contribution >= 4 is 23.4 Å². The lowest BCUT2D eigenvalue weighted by molar-refractivity contribution is 0.391. The molecule has 0 radical (unpaired) electrons. The van der Waals surface area contributed by atoms with E-state index >= 15 is 0 Å². The van der Waals surface area contributed by atoms with Gasteiger partial charge in [0.1, 0.15) is 5.82 Å². The molecule has 0 unspecified atom stereocenters. The minimum absolute atomic E-state index is 0.00672. The van der Waals surface area contributed by atoms with Crippen LogP contribution >= 0.6 is 23.4 Å². The van der Waals surface area contributed by atoms with E-state index in [4.69, 9.17) is 16.1 Å². The van der Waals surface area contributed by atoms with Crippen molar-refractivity contribution in [1.29, 1.82) is 0 Å². The topological polar surface area (TPSA) is 84.7 Å². The third kappa shape index (κ3) is 4.46. The zero-order valence-electron chi connectivity index (χ0n) is 13.3. The van der Waals surface area contributed by atoms with Crippen LogP contribution in [0.5, 0.6) is 0 Å². The van der Waals surface area contributed by atoms with Crippen LogP contribution in [0.1, 0.15) is 24.9 Å². The summed E-state index contributed by atoms with van der Waals surface area (Å²) in [6, 6.07) is 5.70. The first-order valence-electron chi connectivity index (χ1n) is 7.56. The van der Waals surface area contributed by atoms with Gasteiger partial charge in [-0.1, -0.05) is 41.9 Å². The number of nitrogens with one attached hydrogen (secondary N) is 1. The molecule has 0 aliphatic heterocycles.